The largest absolute Gasteiger partial charge is 0.393 e. The number of hydrogen-bond acceptors (Lipinski definition) is 2. The minimum Gasteiger partial charge on any atom is -0.393 e. The van der Waals surface area contributed by atoms with Gasteiger partial charge in [-0.05, 0) is 112 Å². The Kier molecular flexibility index (Phi) is 4.87. The summed E-state index contributed by atoms with van der Waals surface area (Å²) >= 11 is 0. The van der Waals surface area contributed by atoms with Gasteiger partial charge in [0.25, 0.3) is 0 Å². The van der Waals surface area contributed by atoms with Crippen LogP contribution in [-0.4, -0.2) is 21.9 Å². The van der Waals surface area contributed by atoms with E-state index in [0.717, 1.165) is 42.9 Å². The Balaban J connectivity index is 1.57. The summed E-state index contributed by atoms with van der Waals surface area (Å²) in [5.74, 6) is 3.89. The maximum atomic E-state index is 10.4. The van der Waals surface area contributed by atoms with Crippen LogP contribution in [0, 0.1) is 40.4 Å². The first-order chi connectivity index (χ1) is 12.5. The van der Waals surface area contributed by atoms with E-state index in [0.29, 0.717) is 16.7 Å². The van der Waals surface area contributed by atoms with Crippen molar-refractivity contribution in [3.8, 4) is 0 Å². The highest BCUT2D eigenvalue weighted by molar-refractivity contribution is 5.25. The van der Waals surface area contributed by atoms with Crippen molar-refractivity contribution in [2.75, 3.05) is 0 Å². The molecule has 0 aromatic carbocycles. The fourth-order valence-electron chi connectivity index (χ4n) is 8.55. The second kappa shape index (κ2) is 6.59. The lowest BCUT2D eigenvalue weighted by Crippen LogP contribution is -2.51. The highest BCUT2D eigenvalue weighted by Gasteiger charge is 2.59. The molecule has 2 nitrogen and oxygen atoms in total. The number of hydrogen-bond donors (Lipinski definition) is 2. The summed E-state index contributed by atoms with van der Waals surface area (Å²) in [6, 6.07) is 0. The van der Waals surface area contributed by atoms with E-state index in [4.69, 9.17) is 0 Å². The zero-order valence-corrected chi connectivity index (χ0v) is 18.3. The third-order valence-corrected chi connectivity index (χ3v) is 9.66. The lowest BCUT2D eigenvalue weighted by atomic mass is 9.47. The van der Waals surface area contributed by atoms with E-state index in [1.807, 2.05) is 13.8 Å². The molecule has 0 amide bonds. The van der Waals surface area contributed by atoms with Gasteiger partial charge in [-0.3, -0.25) is 0 Å². The van der Waals surface area contributed by atoms with Gasteiger partial charge in [-0.25, -0.2) is 0 Å². The Bertz CT molecular complexity index is 602. The van der Waals surface area contributed by atoms with Crippen molar-refractivity contribution in [3.05, 3.63) is 11.6 Å². The second-order valence-corrected chi connectivity index (χ2v) is 11.9. The molecule has 3 fully saturated rings. The first-order valence-corrected chi connectivity index (χ1v) is 11.6. The quantitative estimate of drug-likeness (QED) is 0.620. The molecule has 8 atom stereocenters. The number of aliphatic hydroxyl groups excluding tert-OH is 1. The van der Waals surface area contributed by atoms with Crippen LogP contribution >= 0.6 is 0 Å². The number of aliphatic hydroxyl groups is 2. The first-order valence-electron chi connectivity index (χ1n) is 11.6. The van der Waals surface area contributed by atoms with Gasteiger partial charge in [0.2, 0.25) is 0 Å². The van der Waals surface area contributed by atoms with Crippen molar-refractivity contribution in [1.29, 1.82) is 0 Å². The standard InChI is InChI=1S/C25H42O2/c1-16(15-23(2,3)27)20-8-9-21-19-7-6-17-14-18(26)10-12-24(17,4)22(19)11-13-25(20,21)5/h6,16,18-22,26-27H,7-15H2,1-5H3. The van der Waals surface area contributed by atoms with Crippen molar-refractivity contribution >= 4 is 0 Å². The molecular formula is C25H42O2. The van der Waals surface area contributed by atoms with Crippen LogP contribution in [0.15, 0.2) is 11.6 Å². The molecule has 0 radical (unpaired) electrons. The Labute approximate surface area is 166 Å². The molecule has 4 rings (SSSR count). The molecule has 2 N–H and O–H groups in total. The van der Waals surface area contributed by atoms with Gasteiger partial charge >= 0.3 is 0 Å². The predicted molar refractivity (Wildman–Crippen MR) is 111 cm³/mol. The van der Waals surface area contributed by atoms with Crippen molar-refractivity contribution in [1.82, 2.24) is 0 Å². The monoisotopic (exact) mass is 374 g/mol. The van der Waals surface area contributed by atoms with Gasteiger partial charge in [0.1, 0.15) is 0 Å². The molecule has 0 spiro atoms. The topological polar surface area (TPSA) is 40.5 Å². The van der Waals surface area contributed by atoms with E-state index in [2.05, 4.69) is 26.8 Å². The molecule has 8 unspecified atom stereocenters. The second-order valence-electron chi connectivity index (χ2n) is 11.9. The lowest BCUT2D eigenvalue weighted by Gasteiger charge is -2.58. The summed E-state index contributed by atoms with van der Waals surface area (Å²) in [4.78, 5) is 0. The predicted octanol–water partition coefficient (Wildman–Crippen LogP) is 5.72. The van der Waals surface area contributed by atoms with E-state index in [9.17, 15) is 10.2 Å². The fraction of sp³-hybridized carbons (Fsp3) is 0.920. The summed E-state index contributed by atoms with van der Waals surface area (Å²) in [5.41, 5.74) is 1.84. The average molecular weight is 375 g/mol. The third kappa shape index (κ3) is 3.23. The zero-order valence-electron chi connectivity index (χ0n) is 18.3. The summed E-state index contributed by atoms with van der Waals surface area (Å²) < 4.78 is 0. The van der Waals surface area contributed by atoms with E-state index >= 15 is 0 Å². The van der Waals surface area contributed by atoms with Crippen LogP contribution in [0.2, 0.25) is 0 Å². The number of allylic oxidation sites excluding steroid dienone is 1. The third-order valence-electron chi connectivity index (χ3n) is 9.66. The van der Waals surface area contributed by atoms with E-state index in [-0.39, 0.29) is 6.10 Å². The Morgan fingerprint density at radius 3 is 2.56 bits per heavy atom. The van der Waals surface area contributed by atoms with Crippen LogP contribution in [0.25, 0.3) is 0 Å². The Morgan fingerprint density at radius 1 is 1.11 bits per heavy atom. The zero-order chi connectivity index (χ0) is 19.6. The van der Waals surface area contributed by atoms with Gasteiger partial charge in [0.05, 0.1) is 11.7 Å². The molecule has 4 aliphatic rings. The molecule has 2 heteroatoms. The summed E-state index contributed by atoms with van der Waals surface area (Å²) in [7, 11) is 0. The van der Waals surface area contributed by atoms with E-state index < -0.39 is 5.60 Å². The fourth-order valence-corrected chi connectivity index (χ4v) is 8.55. The summed E-state index contributed by atoms with van der Waals surface area (Å²) in [5, 5.41) is 20.5. The maximum Gasteiger partial charge on any atom is 0.0594 e. The Hall–Kier alpha value is -0.340. The van der Waals surface area contributed by atoms with Crippen molar-refractivity contribution < 1.29 is 10.2 Å². The van der Waals surface area contributed by atoms with Crippen LogP contribution in [0.3, 0.4) is 0 Å². The van der Waals surface area contributed by atoms with Crippen LogP contribution in [0.4, 0.5) is 0 Å². The number of fused-ring (bicyclic) bond motifs is 5. The molecule has 0 bridgehead atoms. The van der Waals surface area contributed by atoms with Crippen LogP contribution in [0.5, 0.6) is 0 Å². The van der Waals surface area contributed by atoms with Crippen molar-refractivity contribution in [2.45, 2.75) is 104 Å². The highest BCUT2D eigenvalue weighted by Crippen LogP contribution is 2.67. The molecule has 4 aliphatic carbocycles. The smallest absolute Gasteiger partial charge is 0.0594 e. The van der Waals surface area contributed by atoms with Crippen LogP contribution in [-0.2, 0) is 0 Å². The molecule has 27 heavy (non-hydrogen) atoms. The molecule has 0 aromatic rings. The average Bonchev–Trinajstić information content (AvgIpc) is 2.91. The normalized spacial score (nSPS) is 48.3. The molecule has 0 aliphatic heterocycles. The van der Waals surface area contributed by atoms with Crippen LogP contribution in [0.1, 0.15) is 92.4 Å². The van der Waals surface area contributed by atoms with Gasteiger partial charge < -0.3 is 10.2 Å². The molecule has 154 valence electrons. The first kappa shape index (κ1) is 20.0. The molecule has 0 heterocycles. The minimum absolute atomic E-state index is 0.103. The van der Waals surface area contributed by atoms with Crippen molar-refractivity contribution in [3.63, 3.8) is 0 Å². The van der Waals surface area contributed by atoms with Crippen molar-refractivity contribution in [2.24, 2.45) is 40.4 Å². The van der Waals surface area contributed by atoms with Gasteiger partial charge in [-0.15, -0.1) is 0 Å². The van der Waals surface area contributed by atoms with Gasteiger partial charge in [0.15, 0.2) is 0 Å². The molecule has 0 aromatic heterocycles. The lowest BCUT2D eigenvalue weighted by molar-refractivity contribution is -0.0626. The SMILES string of the molecule is CC(CC(C)(C)O)C1CCC2C3CC=C4CC(O)CCC4(C)C3CCC12C. The highest BCUT2D eigenvalue weighted by atomic mass is 16.3. The number of rotatable bonds is 3. The van der Waals surface area contributed by atoms with E-state index in [1.54, 1.807) is 5.57 Å². The van der Waals surface area contributed by atoms with Gasteiger partial charge in [-0.1, -0.05) is 32.4 Å². The summed E-state index contributed by atoms with van der Waals surface area (Å²) in [6.07, 6.45) is 13.2. The molecular weight excluding hydrogens is 332 g/mol. The van der Waals surface area contributed by atoms with Gasteiger partial charge in [0, 0.05) is 0 Å². The maximum absolute atomic E-state index is 10.4. The molecule has 0 saturated heterocycles. The Morgan fingerprint density at radius 2 is 1.85 bits per heavy atom. The minimum atomic E-state index is -0.552. The summed E-state index contributed by atoms with van der Waals surface area (Å²) in [6.45, 7) is 11.5. The van der Waals surface area contributed by atoms with E-state index in [1.165, 1.54) is 38.5 Å². The van der Waals surface area contributed by atoms with Crippen LogP contribution < -0.4 is 0 Å². The molecule has 3 saturated carbocycles. The van der Waals surface area contributed by atoms with Gasteiger partial charge in [-0.2, -0.15) is 0 Å².